The van der Waals surface area contributed by atoms with Crippen LogP contribution < -0.4 is 0 Å². The maximum Gasteiger partial charge on any atom is 0.164 e. The molecule has 0 amide bonds. The third kappa shape index (κ3) is 2.23. The zero-order valence-corrected chi connectivity index (χ0v) is 11.5. The Bertz CT molecular complexity index is 427. The van der Waals surface area contributed by atoms with Crippen molar-refractivity contribution in [3.05, 3.63) is 11.8 Å². The van der Waals surface area contributed by atoms with E-state index in [9.17, 15) is 5.11 Å². The fraction of sp³-hybridized carbons (Fsp3) is 0.769. The Morgan fingerprint density at radius 1 is 1.47 bits per heavy atom. The Balaban J connectivity index is 2.35. The topological polar surface area (TPSA) is 80.9 Å². The molecule has 0 spiro atoms. The van der Waals surface area contributed by atoms with Gasteiger partial charge in [0, 0.05) is 7.11 Å². The van der Waals surface area contributed by atoms with Gasteiger partial charge in [0.15, 0.2) is 5.79 Å². The summed E-state index contributed by atoms with van der Waals surface area (Å²) in [5, 5.41) is 18.3. The Labute approximate surface area is 112 Å². The van der Waals surface area contributed by atoms with Gasteiger partial charge in [-0.3, -0.25) is 0 Å². The molecule has 1 unspecified atom stereocenters. The molecule has 2 aliphatic rings. The molecule has 1 N–H and O–H groups in total. The van der Waals surface area contributed by atoms with Gasteiger partial charge < -0.3 is 24.1 Å². The molecule has 4 atom stereocenters. The number of hydrogen-bond acceptors (Lipinski definition) is 6. The Kier molecular flexibility index (Phi) is 3.58. The molecule has 2 rings (SSSR count). The molecular weight excluding hydrogens is 250 g/mol. The number of methoxy groups -OCH3 is 1. The molecule has 2 saturated heterocycles. The van der Waals surface area contributed by atoms with Gasteiger partial charge in [-0.05, 0) is 20.8 Å². The van der Waals surface area contributed by atoms with E-state index < -0.39 is 17.5 Å². The molecule has 0 saturated carbocycles. The minimum absolute atomic E-state index is 0.118. The summed E-state index contributed by atoms with van der Waals surface area (Å²) in [5.74, 6) is -0.760. The van der Waals surface area contributed by atoms with Crippen molar-refractivity contribution in [3.63, 3.8) is 0 Å². The maximum absolute atomic E-state index is 9.17. The van der Waals surface area contributed by atoms with Gasteiger partial charge >= 0.3 is 0 Å². The number of fused-ring (bicyclic) bond motifs is 1. The van der Waals surface area contributed by atoms with Crippen LogP contribution in [0.25, 0.3) is 0 Å². The van der Waals surface area contributed by atoms with Crippen molar-refractivity contribution in [2.24, 2.45) is 0 Å². The third-order valence-corrected chi connectivity index (χ3v) is 3.49. The normalized spacial score (nSPS) is 41.0. The molecule has 2 fully saturated rings. The Morgan fingerprint density at radius 2 is 2.16 bits per heavy atom. The molecular formula is C13H19NO5. The van der Waals surface area contributed by atoms with Gasteiger partial charge in [0.2, 0.25) is 0 Å². The van der Waals surface area contributed by atoms with Crippen molar-refractivity contribution in [2.45, 2.75) is 50.5 Å². The summed E-state index contributed by atoms with van der Waals surface area (Å²) in [6, 6.07) is 1.93. The largest absolute Gasteiger partial charge is 0.514 e. The highest BCUT2D eigenvalue weighted by molar-refractivity contribution is 5.31. The van der Waals surface area contributed by atoms with Crippen molar-refractivity contribution in [3.8, 4) is 6.07 Å². The van der Waals surface area contributed by atoms with Crippen LogP contribution in [0.4, 0.5) is 0 Å². The number of nitriles is 1. The van der Waals surface area contributed by atoms with E-state index in [4.69, 9.17) is 24.2 Å². The molecule has 0 aromatic carbocycles. The molecule has 0 aliphatic carbocycles. The van der Waals surface area contributed by atoms with Crippen molar-refractivity contribution in [1.29, 1.82) is 5.26 Å². The minimum Gasteiger partial charge on any atom is -0.514 e. The van der Waals surface area contributed by atoms with Crippen molar-refractivity contribution in [1.82, 2.24) is 0 Å². The van der Waals surface area contributed by atoms with Crippen LogP contribution in [0.1, 0.15) is 20.8 Å². The SMILES string of the molecule is COC[C@H]1OC(/C(C#N)=C/O)[C@]2(C)OC(C)(C)O[C@H]12. The number of aliphatic hydroxyl groups excluding tert-OH is 1. The molecule has 0 aromatic rings. The Morgan fingerprint density at radius 3 is 2.68 bits per heavy atom. The second-order valence-corrected chi connectivity index (χ2v) is 5.43. The highest BCUT2D eigenvalue weighted by Crippen LogP contribution is 2.48. The highest BCUT2D eigenvalue weighted by atomic mass is 16.8. The number of ether oxygens (including phenoxy) is 4. The molecule has 0 radical (unpaired) electrons. The van der Waals surface area contributed by atoms with Crippen LogP contribution in [-0.4, -0.2) is 48.5 Å². The van der Waals surface area contributed by atoms with Crippen molar-refractivity contribution >= 4 is 0 Å². The van der Waals surface area contributed by atoms with Crippen LogP contribution in [0.2, 0.25) is 0 Å². The number of aliphatic hydroxyl groups is 1. The summed E-state index contributed by atoms with van der Waals surface area (Å²) in [6.07, 6.45) is -0.605. The smallest absolute Gasteiger partial charge is 0.164 e. The van der Waals surface area contributed by atoms with E-state index in [0.717, 1.165) is 6.26 Å². The molecule has 0 bridgehead atoms. The summed E-state index contributed by atoms with van der Waals surface area (Å²) in [4.78, 5) is 0. The lowest BCUT2D eigenvalue weighted by Crippen LogP contribution is -2.44. The number of rotatable bonds is 3. The first-order valence-electron chi connectivity index (χ1n) is 6.14. The van der Waals surface area contributed by atoms with E-state index in [1.807, 2.05) is 26.8 Å². The Hall–Kier alpha value is -1.13. The fourth-order valence-electron chi connectivity index (χ4n) is 2.89. The average Bonchev–Trinajstić information content (AvgIpc) is 2.71. The number of nitrogens with zero attached hydrogens (tertiary/aromatic N) is 1. The molecule has 0 aromatic heterocycles. The monoisotopic (exact) mass is 269 g/mol. The average molecular weight is 269 g/mol. The van der Waals surface area contributed by atoms with Gasteiger partial charge in [-0.2, -0.15) is 5.26 Å². The van der Waals surface area contributed by atoms with E-state index in [1.165, 1.54) is 0 Å². The maximum atomic E-state index is 9.17. The van der Waals surface area contributed by atoms with Gasteiger partial charge in [-0.25, -0.2) is 0 Å². The van der Waals surface area contributed by atoms with Crippen molar-refractivity contribution < 1.29 is 24.1 Å². The quantitative estimate of drug-likeness (QED) is 0.614. The number of hydrogen-bond donors (Lipinski definition) is 1. The summed E-state index contributed by atoms with van der Waals surface area (Å²) in [5.41, 5.74) is -0.704. The van der Waals surface area contributed by atoms with Gasteiger partial charge in [-0.15, -0.1) is 0 Å². The predicted octanol–water partition coefficient (Wildman–Crippen LogP) is 1.28. The first-order valence-corrected chi connectivity index (χ1v) is 6.14. The first-order chi connectivity index (χ1) is 8.88. The molecule has 6 nitrogen and oxygen atoms in total. The van der Waals surface area contributed by atoms with Gasteiger partial charge in [0.25, 0.3) is 0 Å². The van der Waals surface area contributed by atoms with Crippen LogP contribution in [0.3, 0.4) is 0 Å². The summed E-state index contributed by atoms with van der Waals surface area (Å²) in [6.45, 7) is 5.78. The fourth-order valence-corrected chi connectivity index (χ4v) is 2.89. The van der Waals surface area contributed by atoms with Crippen LogP contribution >= 0.6 is 0 Å². The van der Waals surface area contributed by atoms with Gasteiger partial charge in [0.1, 0.15) is 30.0 Å². The van der Waals surface area contributed by atoms with Crippen LogP contribution in [0, 0.1) is 11.3 Å². The first kappa shape index (κ1) is 14.3. The summed E-state index contributed by atoms with van der Waals surface area (Å²) in [7, 11) is 1.57. The highest BCUT2D eigenvalue weighted by Gasteiger charge is 2.64. The standard InChI is InChI=1S/C13H19NO5/c1-12(2)18-11-9(7-16-4)17-10(8(5-14)6-15)13(11,3)19-12/h6,9-11,15H,7H2,1-4H3/b8-6+/t9-,10?,11-,13+/m1/s1. The van der Waals surface area contributed by atoms with E-state index >= 15 is 0 Å². The lowest BCUT2D eigenvalue weighted by atomic mass is 9.89. The molecule has 6 heteroatoms. The van der Waals surface area contributed by atoms with Gasteiger partial charge in [0.05, 0.1) is 18.4 Å². The zero-order chi connectivity index (χ0) is 14.3. The van der Waals surface area contributed by atoms with Crippen molar-refractivity contribution in [2.75, 3.05) is 13.7 Å². The molecule has 106 valence electrons. The minimum atomic E-state index is -0.822. The summed E-state index contributed by atoms with van der Waals surface area (Å²) < 4.78 is 22.7. The molecule has 2 aliphatic heterocycles. The second-order valence-electron chi connectivity index (χ2n) is 5.43. The van der Waals surface area contributed by atoms with E-state index in [0.29, 0.717) is 6.61 Å². The van der Waals surface area contributed by atoms with E-state index in [1.54, 1.807) is 7.11 Å². The predicted molar refractivity (Wildman–Crippen MR) is 65.3 cm³/mol. The molecule has 19 heavy (non-hydrogen) atoms. The molecule has 2 heterocycles. The lowest BCUT2D eigenvalue weighted by Gasteiger charge is -2.28. The summed E-state index contributed by atoms with van der Waals surface area (Å²) >= 11 is 0. The lowest BCUT2D eigenvalue weighted by molar-refractivity contribution is -0.200. The van der Waals surface area contributed by atoms with Crippen LogP contribution in [-0.2, 0) is 18.9 Å². The second kappa shape index (κ2) is 4.76. The van der Waals surface area contributed by atoms with E-state index in [-0.39, 0.29) is 17.8 Å². The van der Waals surface area contributed by atoms with E-state index in [2.05, 4.69) is 0 Å². The van der Waals surface area contributed by atoms with Crippen LogP contribution in [0.5, 0.6) is 0 Å². The zero-order valence-electron chi connectivity index (χ0n) is 11.5. The van der Waals surface area contributed by atoms with Crippen LogP contribution in [0.15, 0.2) is 11.8 Å². The van der Waals surface area contributed by atoms with Gasteiger partial charge in [-0.1, -0.05) is 0 Å². The third-order valence-electron chi connectivity index (χ3n) is 3.49.